The summed E-state index contributed by atoms with van der Waals surface area (Å²) < 4.78 is 0. The van der Waals surface area contributed by atoms with Crippen LogP contribution in [-0.4, -0.2) is 36.6 Å². The summed E-state index contributed by atoms with van der Waals surface area (Å²) in [4.78, 5) is 2.70. The van der Waals surface area contributed by atoms with Crippen molar-refractivity contribution in [3.05, 3.63) is 12.7 Å². The molecular weight excluding hydrogens is 196 g/mol. The average molecular weight is 222 g/mol. The van der Waals surface area contributed by atoms with Gasteiger partial charge in [0.2, 0.25) is 0 Å². The Kier molecular flexibility index (Phi) is 4.42. The highest BCUT2D eigenvalue weighted by Crippen LogP contribution is 2.31. The molecule has 2 rings (SSSR count). The van der Waals surface area contributed by atoms with Crippen LogP contribution in [0.1, 0.15) is 39.0 Å². The Morgan fingerprint density at radius 2 is 2.25 bits per heavy atom. The summed E-state index contributed by atoms with van der Waals surface area (Å²) in [5, 5.41) is 3.66. The van der Waals surface area contributed by atoms with Gasteiger partial charge in [0.25, 0.3) is 0 Å². The molecule has 0 bridgehead atoms. The fourth-order valence-corrected chi connectivity index (χ4v) is 2.64. The minimum absolute atomic E-state index is 0.646. The number of rotatable bonds is 7. The van der Waals surface area contributed by atoms with Crippen LogP contribution < -0.4 is 5.32 Å². The van der Waals surface area contributed by atoms with Crippen molar-refractivity contribution in [1.82, 2.24) is 10.2 Å². The predicted octanol–water partition coefficient (Wildman–Crippen LogP) is 2.42. The molecule has 0 radical (unpaired) electrons. The summed E-state index contributed by atoms with van der Waals surface area (Å²) in [6.07, 6.45) is 8.68. The molecule has 0 aromatic heterocycles. The lowest BCUT2D eigenvalue weighted by atomic mass is 10.1. The first-order chi connectivity index (χ1) is 7.79. The van der Waals surface area contributed by atoms with Crippen molar-refractivity contribution in [1.29, 1.82) is 0 Å². The van der Waals surface area contributed by atoms with Gasteiger partial charge in [-0.05, 0) is 58.0 Å². The van der Waals surface area contributed by atoms with Crippen LogP contribution in [-0.2, 0) is 0 Å². The summed E-state index contributed by atoms with van der Waals surface area (Å²) in [7, 11) is 0. The maximum atomic E-state index is 3.77. The zero-order valence-corrected chi connectivity index (χ0v) is 10.6. The first kappa shape index (κ1) is 12.1. The molecule has 16 heavy (non-hydrogen) atoms. The van der Waals surface area contributed by atoms with Crippen molar-refractivity contribution in [3.8, 4) is 0 Å². The van der Waals surface area contributed by atoms with E-state index in [0.717, 1.165) is 18.4 Å². The third kappa shape index (κ3) is 3.60. The Labute approximate surface area is 100 Å². The topological polar surface area (TPSA) is 15.3 Å². The summed E-state index contributed by atoms with van der Waals surface area (Å²) in [5.74, 6) is 0.895. The lowest BCUT2D eigenvalue weighted by Gasteiger charge is -2.18. The third-order valence-corrected chi connectivity index (χ3v) is 3.94. The maximum absolute atomic E-state index is 3.77. The van der Waals surface area contributed by atoms with Gasteiger partial charge in [-0.1, -0.05) is 6.08 Å². The van der Waals surface area contributed by atoms with Crippen LogP contribution in [0.4, 0.5) is 0 Å². The molecule has 2 fully saturated rings. The standard InChI is InChI=1S/C14H26N2/c1-3-4-5-12(2)15-10-13-8-9-16(11-13)14-6-7-14/h3,12-15H,1,4-11H2,2H3. The molecule has 1 saturated heterocycles. The monoisotopic (exact) mass is 222 g/mol. The minimum Gasteiger partial charge on any atom is -0.314 e. The fourth-order valence-electron chi connectivity index (χ4n) is 2.64. The van der Waals surface area contributed by atoms with E-state index in [1.165, 1.54) is 45.3 Å². The Morgan fingerprint density at radius 3 is 2.94 bits per heavy atom. The molecule has 0 aromatic carbocycles. The molecule has 92 valence electrons. The first-order valence-corrected chi connectivity index (χ1v) is 6.88. The van der Waals surface area contributed by atoms with Gasteiger partial charge in [0, 0.05) is 18.6 Å². The van der Waals surface area contributed by atoms with E-state index in [1.807, 2.05) is 6.08 Å². The van der Waals surface area contributed by atoms with Crippen molar-refractivity contribution in [2.45, 2.75) is 51.1 Å². The van der Waals surface area contributed by atoms with E-state index < -0.39 is 0 Å². The van der Waals surface area contributed by atoms with Crippen LogP contribution in [0.3, 0.4) is 0 Å². The zero-order chi connectivity index (χ0) is 11.4. The number of nitrogens with zero attached hydrogens (tertiary/aromatic N) is 1. The molecule has 2 nitrogen and oxygen atoms in total. The van der Waals surface area contributed by atoms with Gasteiger partial charge in [0.05, 0.1) is 0 Å². The maximum Gasteiger partial charge on any atom is 0.00965 e. The van der Waals surface area contributed by atoms with E-state index in [0.29, 0.717) is 6.04 Å². The van der Waals surface area contributed by atoms with Crippen molar-refractivity contribution >= 4 is 0 Å². The van der Waals surface area contributed by atoms with Crippen molar-refractivity contribution in [2.75, 3.05) is 19.6 Å². The molecule has 1 saturated carbocycles. The molecule has 0 aromatic rings. The van der Waals surface area contributed by atoms with E-state index in [2.05, 4.69) is 23.7 Å². The SMILES string of the molecule is C=CCCC(C)NCC1CCN(C2CC2)C1. The van der Waals surface area contributed by atoms with E-state index in [-0.39, 0.29) is 0 Å². The van der Waals surface area contributed by atoms with E-state index in [4.69, 9.17) is 0 Å². The van der Waals surface area contributed by atoms with Crippen LogP contribution in [0.5, 0.6) is 0 Å². The number of nitrogens with one attached hydrogen (secondary N) is 1. The van der Waals surface area contributed by atoms with E-state index in [9.17, 15) is 0 Å². The highest BCUT2D eigenvalue weighted by Gasteiger charge is 2.34. The number of hydrogen-bond donors (Lipinski definition) is 1. The Morgan fingerprint density at radius 1 is 1.44 bits per heavy atom. The Balaban J connectivity index is 1.57. The van der Waals surface area contributed by atoms with Crippen molar-refractivity contribution in [3.63, 3.8) is 0 Å². The summed E-state index contributed by atoms with van der Waals surface area (Å²) in [6.45, 7) is 9.96. The van der Waals surface area contributed by atoms with Gasteiger partial charge in [-0.25, -0.2) is 0 Å². The second-order valence-corrected chi connectivity index (χ2v) is 5.56. The summed E-state index contributed by atoms with van der Waals surface area (Å²) in [6, 6.07) is 1.61. The smallest absolute Gasteiger partial charge is 0.00965 e. The Bertz CT molecular complexity index is 223. The average Bonchev–Trinajstić information content (AvgIpc) is 3.03. The van der Waals surface area contributed by atoms with Crippen LogP contribution in [0.25, 0.3) is 0 Å². The van der Waals surface area contributed by atoms with Gasteiger partial charge in [-0.2, -0.15) is 0 Å². The molecule has 2 aliphatic rings. The lowest BCUT2D eigenvalue weighted by Crippen LogP contribution is -2.32. The third-order valence-electron chi connectivity index (χ3n) is 3.94. The molecule has 1 aliphatic carbocycles. The second kappa shape index (κ2) is 5.83. The van der Waals surface area contributed by atoms with Crippen LogP contribution in [0, 0.1) is 5.92 Å². The summed E-state index contributed by atoms with van der Waals surface area (Å²) >= 11 is 0. The van der Waals surface area contributed by atoms with Crippen LogP contribution in [0.2, 0.25) is 0 Å². The van der Waals surface area contributed by atoms with Gasteiger partial charge in [-0.3, -0.25) is 0 Å². The molecule has 0 spiro atoms. The van der Waals surface area contributed by atoms with Gasteiger partial charge < -0.3 is 10.2 Å². The van der Waals surface area contributed by atoms with Gasteiger partial charge in [-0.15, -0.1) is 6.58 Å². The molecule has 1 N–H and O–H groups in total. The highest BCUT2D eigenvalue weighted by molar-refractivity contribution is 4.90. The van der Waals surface area contributed by atoms with Gasteiger partial charge in [0.1, 0.15) is 0 Å². The number of likely N-dealkylation sites (tertiary alicyclic amines) is 1. The molecule has 0 amide bonds. The van der Waals surface area contributed by atoms with Gasteiger partial charge >= 0.3 is 0 Å². The minimum atomic E-state index is 0.646. The molecule has 2 atom stereocenters. The van der Waals surface area contributed by atoms with Crippen LogP contribution >= 0.6 is 0 Å². The second-order valence-electron chi connectivity index (χ2n) is 5.56. The normalized spacial score (nSPS) is 28.2. The molecule has 2 unspecified atom stereocenters. The van der Waals surface area contributed by atoms with Crippen molar-refractivity contribution in [2.24, 2.45) is 5.92 Å². The summed E-state index contributed by atoms with van der Waals surface area (Å²) in [5.41, 5.74) is 0. The molecule has 1 heterocycles. The van der Waals surface area contributed by atoms with Crippen molar-refractivity contribution < 1.29 is 0 Å². The molecule has 1 aliphatic heterocycles. The largest absolute Gasteiger partial charge is 0.314 e. The van der Waals surface area contributed by atoms with E-state index >= 15 is 0 Å². The lowest BCUT2D eigenvalue weighted by molar-refractivity contribution is 0.309. The molecule has 2 heteroatoms. The van der Waals surface area contributed by atoms with Crippen LogP contribution in [0.15, 0.2) is 12.7 Å². The van der Waals surface area contributed by atoms with E-state index in [1.54, 1.807) is 0 Å². The predicted molar refractivity (Wildman–Crippen MR) is 69.6 cm³/mol. The van der Waals surface area contributed by atoms with Gasteiger partial charge in [0.15, 0.2) is 0 Å². The zero-order valence-electron chi connectivity index (χ0n) is 10.6. The first-order valence-electron chi connectivity index (χ1n) is 6.88. The number of allylic oxidation sites excluding steroid dienone is 1. The number of hydrogen-bond acceptors (Lipinski definition) is 2. The quantitative estimate of drug-likeness (QED) is 0.666. The fraction of sp³-hybridized carbons (Fsp3) is 0.857. The highest BCUT2D eigenvalue weighted by atomic mass is 15.2. The molecular formula is C14H26N2. The Hall–Kier alpha value is -0.340.